The van der Waals surface area contributed by atoms with E-state index in [1.165, 1.54) is 11.0 Å². The van der Waals surface area contributed by atoms with Crippen LogP contribution in [0.25, 0.3) is 0 Å². The fraction of sp³-hybridized carbons (Fsp3) is 0.385. The van der Waals surface area contributed by atoms with Crippen molar-refractivity contribution in [2.45, 2.75) is 20.3 Å². The van der Waals surface area contributed by atoms with Crippen LogP contribution < -0.4 is 0 Å². The van der Waals surface area contributed by atoms with E-state index in [2.05, 4.69) is 0 Å². The number of rotatable bonds is 5. The Balaban J connectivity index is 2.93. The molecule has 1 amide bonds. The number of nitrogens with zero attached hydrogens (tertiary/aromatic N) is 1. The van der Waals surface area contributed by atoms with Crippen molar-refractivity contribution in [3.05, 3.63) is 29.3 Å². The van der Waals surface area contributed by atoms with Crippen molar-refractivity contribution >= 4 is 11.9 Å². The van der Waals surface area contributed by atoms with Gasteiger partial charge in [0.2, 0.25) is 0 Å². The first kappa shape index (κ1) is 14.0. The van der Waals surface area contributed by atoms with Crippen molar-refractivity contribution in [1.82, 2.24) is 4.90 Å². The molecule has 98 valence electrons. The molecule has 1 aromatic carbocycles. The molecule has 2 N–H and O–H groups in total. The zero-order chi connectivity index (χ0) is 13.7. The van der Waals surface area contributed by atoms with Gasteiger partial charge in [0.15, 0.2) is 0 Å². The summed E-state index contributed by atoms with van der Waals surface area (Å²) in [5, 5.41) is 18.3. The van der Waals surface area contributed by atoms with Crippen LogP contribution >= 0.6 is 0 Å². The highest BCUT2D eigenvalue weighted by molar-refractivity contribution is 5.96. The number of benzene rings is 1. The maximum absolute atomic E-state index is 12.1. The first-order valence-corrected chi connectivity index (χ1v) is 5.76. The average molecular weight is 251 g/mol. The van der Waals surface area contributed by atoms with Gasteiger partial charge < -0.3 is 15.1 Å². The van der Waals surface area contributed by atoms with E-state index in [1.54, 1.807) is 19.1 Å². The first-order chi connectivity index (χ1) is 8.45. The van der Waals surface area contributed by atoms with Crippen LogP contribution in [0.1, 0.15) is 29.3 Å². The second-order valence-electron chi connectivity index (χ2n) is 4.12. The normalized spacial score (nSPS) is 10.1. The number of carbonyl (C=O) groups excluding carboxylic acids is 1. The van der Waals surface area contributed by atoms with Crippen LogP contribution in [0.3, 0.4) is 0 Å². The predicted octanol–water partition coefficient (Wildman–Crippen LogP) is 1.64. The summed E-state index contributed by atoms with van der Waals surface area (Å²) in [7, 11) is 0. The Morgan fingerprint density at radius 3 is 2.50 bits per heavy atom. The van der Waals surface area contributed by atoms with Gasteiger partial charge in [-0.3, -0.25) is 9.59 Å². The molecule has 0 spiro atoms. The SMILES string of the molecule is CCCN(CC(=O)O)C(=O)c1ccc(C)c(O)c1. The van der Waals surface area contributed by atoms with Crippen LogP contribution in [0.4, 0.5) is 0 Å². The Bertz CT molecular complexity index is 456. The predicted molar refractivity (Wildman–Crippen MR) is 66.7 cm³/mol. The Hall–Kier alpha value is -2.04. The number of phenols is 1. The third kappa shape index (κ3) is 3.48. The smallest absolute Gasteiger partial charge is 0.323 e. The van der Waals surface area contributed by atoms with Crippen molar-refractivity contribution in [2.24, 2.45) is 0 Å². The fourth-order valence-corrected chi connectivity index (χ4v) is 1.61. The Morgan fingerprint density at radius 2 is 2.00 bits per heavy atom. The summed E-state index contributed by atoms with van der Waals surface area (Å²) in [4.78, 5) is 24.0. The van der Waals surface area contributed by atoms with Gasteiger partial charge in [0.1, 0.15) is 12.3 Å². The Morgan fingerprint density at radius 1 is 1.33 bits per heavy atom. The highest BCUT2D eigenvalue weighted by atomic mass is 16.4. The van der Waals surface area contributed by atoms with Crippen LogP contribution in [0.15, 0.2) is 18.2 Å². The van der Waals surface area contributed by atoms with Gasteiger partial charge in [-0.2, -0.15) is 0 Å². The van der Waals surface area contributed by atoms with Gasteiger partial charge in [0.05, 0.1) is 0 Å². The molecule has 0 aliphatic rings. The minimum absolute atomic E-state index is 0.0348. The van der Waals surface area contributed by atoms with Crippen molar-refractivity contribution in [3.8, 4) is 5.75 Å². The van der Waals surface area contributed by atoms with E-state index in [0.29, 0.717) is 24.1 Å². The summed E-state index contributed by atoms with van der Waals surface area (Å²) in [5.74, 6) is -1.39. The van der Waals surface area contributed by atoms with E-state index >= 15 is 0 Å². The van der Waals surface area contributed by atoms with Crippen molar-refractivity contribution in [2.75, 3.05) is 13.1 Å². The minimum atomic E-state index is -1.05. The minimum Gasteiger partial charge on any atom is -0.508 e. The summed E-state index contributed by atoms with van der Waals surface area (Å²) < 4.78 is 0. The second-order valence-corrected chi connectivity index (χ2v) is 4.12. The van der Waals surface area contributed by atoms with Crippen LogP contribution in [0.2, 0.25) is 0 Å². The molecule has 0 heterocycles. The van der Waals surface area contributed by atoms with Crippen LogP contribution in [0.5, 0.6) is 5.75 Å². The van der Waals surface area contributed by atoms with E-state index in [9.17, 15) is 14.7 Å². The van der Waals surface area contributed by atoms with E-state index in [1.807, 2.05) is 6.92 Å². The summed E-state index contributed by atoms with van der Waals surface area (Å²) >= 11 is 0. The van der Waals surface area contributed by atoms with Crippen molar-refractivity contribution in [1.29, 1.82) is 0 Å². The summed E-state index contributed by atoms with van der Waals surface area (Å²) in [6.45, 7) is 3.64. The van der Waals surface area contributed by atoms with E-state index < -0.39 is 5.97 Å². The van der Waals surface area contributed by atoms with Crippen LogP contribution in [-0.4, -0.2) is 40.1 Å². The zero-order valence-electron chi connectivity index (χ0n) is 10.5. The molecule has 18 heavy (non-hydrogen) atoms. The molecular weight excluding hydrogens is 234 g/mol. The van der Waals surface area contributed by atoms with Gasteiger partial charge in [0.25, 0.3) is 5.91 Å². The molecule has 5 heteroatoms. The third-order valence-corrected chi connectivity index (χ3v) is 2.56. The fourth-order valence-electron chi connectivity index (χ4n) is 1.61. The van der Waals surface area contributed by atoms with Crippen molar-refractivity contribution in [3.63, 3.8) is 0 Å². The molecule has 0 saturated carbocycles. The molecule has 5 nitrogen and oxygen atoms in total. The summed E-state index contributed by atoms with van der Waals surface area (Å²) in [6.07, 6.45) is 0.677. The number of phenolic OH excluding ortho intramolecular Hbond substituents is 1. The number of hydrogen-bond acceptors (Lipinski definition) is 3. The number of aromatic hydroxyl groups is 1. The number of aliphatic carboxylic acids is 1. The largest absolute Gasteiger partial charge is 0.508 e. The molecule has 0 aromatic heterocycles. The van der Waals surface area contributed by atoms with E-state index in [0.717, 1.165) is 0 Å². The Labute approximate surface area is 106 Å². The van der Waals surface area contributed by atoms with Gasteiger partial charge in [-0.15, -0.1) is 0 Å². The molecule has 1 rings (SSSR count). The van der Waals surface area contributed by atoms with Crippen LogP contribution in [0, 0.1) is 6.92 Å². The molecule has 0 aliphatic heterocycles. The maximum atomic E-state index is 12.1. The Kier molecular flexibility index (Phi) is 4.71. The lowest BCUT2D eigenvalue weighted by Crippen LogP contribution is -2.36. The number of carboxylic acid groups (broad SMARTS) is 1. The molecule has 0 atom stereocenters. The summed E-state index contributed by atoms with van der Waals surface area (Å²) in [6, 6.07) is 4.58. The molecule has 0 aliphatic carbocycles. The number of carbonyl (C=O) groups is 2. The monoisotopic (exact) mass is 251 g/mol. The molecule has 0 fully saturated rings. The number of carboxylic acids is 1. The molecule has 0 saturated heterocycles. The first-order valence-electron chi connectivity index (χ1n) is 5.76. The quantitative estimate of drug-likeness (QED) is 0.833. The average Bonchev–Trinajstić information content (AvgIpc) is 2.31. The van der Waals surface area contributed by atoms with Gasteiger partial charge in [0, 0.05) is 12.1 Å². The van der Waals surface area contributed by atoms with Gasteiger partial charge in [-0.05, 0) is 31.0 Å². The molecule has 0 radical (unpaired) electrons. The highest BCUT2D eigenvalue weighted by Crippen LogP contribution is 2.18. The van der Waals surface area contributed by atoms with Gasteiger partial charge >= 0.3 is 5.97 Å². The molecule has 0 bridgehead atoms. The lowest BCUT2D eigenvalue weighted by atomic mass is 10.1. The van der Waals surface area contributed by atoms with E-state index in [-0.39, 0.29) is 18.2 Å². The number of aryl methyl sites for hydroxylation is 1. The van der Waals surface area contributed by atoms with Crippen molar-refractivity contribution < 1.29 is 19.8 Å². The third-order valence-electron chi connectivity index (χ3n) is 2.56. The highest BCUT2D eigenvalue weighted by Gasteiger charge is 2.18. The molecule has 0 unspecified atom stereocenters. The topological polar surface area (TPSA) is 77.8 Å². The summed E-state index contributed by atoms with van der Waals surface area (Å²) in [5.41, 5.74) is 0.972. The maximum Gasteiger partial charge on any atom is 0.323 e. The lowest BCUT2D eigenvalue weighted by molar-refractivity contribution is -0.137. The number of amides is 1. The van der Waals surface area contributed by atoms with Gasteiger partial charge in [-0.25, -0.2) is 0 Å². The second kappa shape index (κ2) is 6.05. The number of hydrogen-bond donors (Lipinski definition) is 2. The standard InChI is InChI=1S/C13H17NO4/c1-3-6-14(8-12(16)17)13(18)10-5-4-9(2)11(15)7-10/h4-5,7,15H,3,6,8H2,1-2H3,(H,16,17). The molecule has 1 aromatic rings. The van der Waals surface area contributed by atoms with Gasteiger partial charge in [-0.1, -0.05) is 13.0 Å². The van der Waals surface area contributed by atoms with Crippen LogP contribution in [-0.2, 0) is 4.79 Å². The lowest BCUT2D eigenvalue weighted by Gasteiger charge is -2.20. The zero-order valence-corrected chi connectivity index (χ0v) is 10.5. The van der Waals surface area contributed by atoms with E-state index in [4.69, 9.17) is 5.11 Å². The molecular formula is C13H17NO4.